The van der Waals surface area contributed by atoms with Crippen LogP contribution in [0.1, 0.15) is 25.7 Å². The first-order valence-corrected chi connectivity index (χ1v) is 10.2. The first-order chi connectivity index (χ1) is 15.5. The van der Waals surface area contributed by atoms with Gasteiger partial charge in [-0.05, 0) is 42.5 Å². The maximum Gasteiger partial charge on any atom is 0.339 e. The van der Waals surface area contributed by atoms with E-state index in [4.69, 9.17) is 14.2 Å². The summed E-state index contributed by atoms with van der Waals surface area (Å²) in [5.74, 6) is -0.411. The van der Waals surface area contributed by atoms with Crippen molar-refractivity contribution < 1.29 is 23.8 Å². The standard InChI is InChI=1S/C23H19N3O5S/c1-29-17-7-4-14(5-8-17)20-13-32-21(26-20)16(11-24)12-25-19-10-15(22(27)30-2)6-9-18(19)23(28)31-3/h4-10,12-13,25H,1-3H3/b16-12+. The van der Waals surface area contributed by atoms with Crippen LogP contribution in [0.25, 0.3) is 16.8 Å². The van der Waals surface area contributed by atoms with E-state index in [2.05, 4.69) is 16.4 Å². The van der Waals surface area contributed by atoms with Crippen LogP contribution in [-0.2, 0) is 9.47 Å². The van der Waals surface area contributed by atoms with Crippen LogP contribution in [0.4, 0.5) is 5.69 Å². The third-order valence-electron chi connectivity index (χ3n) is 4.46. The molecule has 0 amide bonds. The van der Waals surface area contributed by atoms with E-state index in [1.165, 1.54) is 50.0 Å². The Balaban J connectivity index is 1.90. The molecule has 0 saturated carbocycles. The molecule has 0 fully saturated rings. The molecular weight excluding hydrogens is 430 g/mol. The lowest BCUT2D eigenvalue weighted by molar-refractivity contribution is 0.0587. The van der Waals surface area contributed by atoms with Crippen molar-refractivity contribution in [3.63, 3.8) is 0 Å². The number of nitrogens with zero attached hydrogens (tertiary/aromatic N) is 2. The highest BCUT2D eigenvalue weighted by atomic mass is 32.1. The Morgan fingerprint density at radius 2 is 1.78 bits per heavy atom. The highest BCUT2D eigenvalue weighted by Gasteiger charge is 2.16. The van der Waals surface area contributed by atoms with Gasteiger partial charge in [0.05, 0.1) is 43.8 Å². The first kappa shape index (κ1) is 22.5. The van der Waals surface area contributed by atoms with Crippen LogP contribution in [0.3, 0.4) is 0 Å². The first-order valence-electron chi connectivity index (χ1n) is 9.28. The molecule has 0 aliphatic carbocycles. The SMILES string of the molecule is COC(=O)c1ccc(C(=O)OC)c(N/C=C(\C#N)c2nc(-c3ccc(OC)cc3)cs2)c1. The van der Waals surface area contributed by atoms with Gasteiger partial charge < -0.3 is 19.5 Å². The number of hydrogen-bond donors (Lipinski definition) is 1. The van der Waals surface area contributed by atoms with Crippen molar-refractivity contribution in [2.24, 2.45) is 0 Å². The molecule has 0 saturated heterocycles. The number of aromatic nitrogens is 1. The molecule has 32 heavy (non-hydrogen) atoms. The fourth-order valence-electron chi connectivity index (χ4n) is 2.78. The van der Waals surface area contributed by atoms with E-state index in [0.717, 1.165) is 17.0 Å². The van der Waals surface area contributed by atoms with Crippen LogP contribution in [0.2, 0.25) is 0 Å². The number of anilines is 1. The molecule has 0 unspecified atom stereocenters. The van der Waals surface area contributed by atoms with E-state index in [0.29, 0.717) is 10.7 Å². The van der Waals surface area contributed by atoms with E-state index in [9.17, 15) is 14.9 Å². The van der Waals surface area contributed by atoms with Gasteiger partial charge in [0, 0.05) is 17.1 Å². The summed E-state index contributed by atoms with van der Waals surface area (Å²) < 4.78 is 14.7. The molecule has 1 heterocycles. The number of carbonyl (C=O) groups is 2. The number of ether oxygens (including phenoxy) is 3. The third kappa shape index (κ3) is 4.94. The monoisotopic (exact) mass is 449 g/mol. The van der Waals surface area contributed by atoms with E-state index < -0.39 is 11.9 Å². The number of rotatable bonds is 7. The molecule has 0 bridgehead atoms. The Hall–Kier alpha value is -4.16. The summed E-state index contributed by atoms with van der Waals surface area (Å²) in [6.07, 6.45) is 1.43. The van der Waals surface area contributed by atoms with Gasteiger partial charge in [0.25, 0.3) is 0 Å². The largest absolute Gasteiger partial charge is 0.497 e. The zero-order valence-electron chi connectivity index (χ0n) is 17.5. The number of esters is 2. The Morgan fingerprint density at radius 3 is 2.41 bits per heavy atom. The Bertz CT molecular complexity index is 1210. The lowest BCUT2D eigenvalue weighted by atomic mass is 10.1. The molecule has 162 valence electrons. The second-order valence-corrected chi connectivity index (χ2v) is 7.18. The Morgan fingerprint density at radius 1 is 1.06 bits per heavy atom. The Labute approximate surface area is 188 Å². The highest BCUT2D eigenvalue weighted by Crippen LogP contribution is 2.28. The normalized spacial score (nSPS) is 10.8. The molecule has 0 atom stereocenters. The number of carbonyl (C=O) groups excluding carboxylic acids is 2. The average molecular weight is 449 g/mol. The number of thiazole rings is 1. The minimum atomic E-state index is -0.591. The second-order valence-electron chi connectivity index (χ2n) is 6.32. The van der Waals surface area contributed by atoms with Gasteiger partial charge in [-0.15, -0.1) is 11.3 Å². The van der Waals surface area contributed by atoms with E-state index in [-0.39, 0.29) is 16.7 Å². The lowest BCUT2D eigenvalue weighted by Crippen LogP contribution is -2.08. The number of hydrogen-bond acceptors (Lipinski definition) is 9. The minimum absolute atomic E-state index is 0.201. The van der Waals surface area contributed by atoms with Gasteiger partial charge in [-0.3, -0.25) is 0 Å². The molecule has 9 heteroatoms. The Kier molecular flexibility index (Phi) is 7.21. The lowest BCUT2D eigenvalue weighted by Gasteiger charge is -2.10. The maximum atomic E-state index is 12.1. The van der Waals surface area contributed by atoms with Crippen molar-refractivity contribution in [3.8, 4) is 23.1 Å². The summed E-state index contributed by atoms with van der Waals surface area (Å²) in [7, 11) is 4.12. The quantitative estimate of drug-likeness (QED) is 0.418. The predicted molar refractivity (Wildman–Crippen MR) is 120 cm³/mol. The van der Waals surface area contributed by atoms with Crippen molar-refractivity contribution in [1.29, 1.82) is 5.26 Å². The molecule has 3 aromatic rings. The van der Waals surface area contributed by atoms with Gasteiger partial charge in [0.1, 0.15) is 22.4 Å². The summed E-state index contributed by atoms with van der Waals surface area (Å²) in [6.45, 7) is 0. The van der Waals surface area contributed by atoms with Gasteiger partial charge in [0.2, 0.25) is 0 Å². The van der Waals surface area contributed by atoms with Gasteiger partial charge in [-0.1, -0.05) is 0 Å². The van der Waals surface area contributed by atoms with Gasteiger partial charge >= 0.3 is 11.9 Å². The summed E-state index contributed by atoms with van der Waals surface area (Å²) >= 11 is 1.31. The minimum Gasteiger partial charge on any atom is -0.497 e. The van der Waals surface area contributed by atoms with Crippen LogP contribution >= 0.6 is 11.3 Å². The molecule has 0 spiro atoms. The van der Waals surface area contributed by atoms with Crippen LogP contribution in [0.5, 0.6) is 5.75 Å². The second kappa shape index (κ2) is 10.2. The molecule has 0 aliphatic rings. The van der Waals surface area contributed by atoms with Crippen LogP contribution in [0.15, 0.2) is 54.0 Å². The zero-order chi connectivity index (χ0) is 23.1. The third-order valence-corrected chi connectivity index (χ3v) is 5.33. The highest BCUT2D eigenvalue weighted by molar-refractivity contribution is 7.11. The van der Waals surface area contributed by atoms with Crippen molar-refractivity contribution in [2.75, 3.05) is 26.6 Å². The predicted octanol–water partition coefficient (Wildman–Crippen LogP) is 4.37. The number of benzene rings is 2. The van der Waals surface area contributed by atoms with Gasteiger partial charge in [0.15, 0.2) is 0 Å². The van der Waals surface area contributed by atoms with Crippen molar-refractivity contribution in [3.05, 3.63) is 70.2 Å². The number of nitrogens with one attached hydrogen (secondary N) is 1. The molecular formula is C23H19N3O5S. The average Bonchev–Trinajstić information content (AvgIpc) is 3.33. The van der Waals surface area contributed by atoms with E-state index >= 15 is 0 Å². The van der Waals surface area contributed by atoms with E-state index in [1.54, 1.807) is 7.11 Å². The molecule has 0 aliphatic heterocycles. The summed E-state index contributed by atoms with van der Waals surface area (Å²) in [5.41, 5.74) is 2.60. The number of nitriles is 1. The molecule has 1 N–H and O–H groups in total. The number of methoxy groups -OCH3 is 3. The van der Waals surface area contributed by atoms with Crippen LogP contribution < -0.4 is 10.1 Å². The van der Waals surface area contributed by atoms with Crippen molar-refractivity contribution in [2.45, 2.75) is 0 Å². The molecule has 2 aromatic carbocycles. The summed E-state index contributed by atoms with van der Waals surface area (Å²) in [4.78, 5) is 28.5. The van der Waals surface area contributed by atoms with Crippen LogP contribution in [0, 0.1) is 11.3 Å². The van der Waals surface area contributed by atoms with Crippen LogP contribution in [-0.4, -0.2) is 38.3 Å². The summed E-state index contributed by atoms with van der Waals surface area (Å²) in [6, 6.07) is 13.9. The van der Waals surface area contributed by atoms with Crippen molar-refractivity contribution in [1.82, 2.24) is 4.98 Å². The van der Waals surface area contributed by atoms with Crippen molar-refractivity contribution >= 4 is 34.5 Å². The van der Waals surface area contributed by atoms with Gasteiger partial charge in [-0.25, -0.2) is 14.6 Å². The molecule has 8 nitrogen and oxygen atoms in total. The molecule has 0 radical (unpaired) electrons. The topological polar surface area (TPSA) is 111 Å². The zero-order valence-corrected chi connectivity index (χ0v) is 18.4. The maximum absolute atomic E-state index is 12.1. The molecule has 3 rings (SSSR count). The fourth-order valence-corrected chi connectivity index (χ4v) is 3.57. The van der Waals surface area contributed by atoms with Gasteiger partial charge in [-0.2, -0.15) is 5.26 Å². The fraction of sp³-hybridized carbons (Fsp3) is 0.130. The number of allylic oxidation sites excluding steroid dienone is 1. The van der Waals surface area contributed by atoms with E-state index in [1.807, 2.05) is 29.6 Å². The summed E-state index contributed by atoms with van der Waals surface area (Å²) in [5, 5.41) is 14.9. The smallest absolute Gasteiger partial charge is 0.339 e. The molecule has 1 aromatic heterocycles.